The quantitative estimate of drug-likeness (QED) is 0.674. The lowest BCUT2D eigenvalue weighted by Crippen LogP contribution is -2.17. The van der Waals surface area contributed by atoms with Gasteiger partial charge in [0.15, 0.2) is 11.5 Å². The van der Waals surface area contributed by atoms with E-state index in [1.807, 2.05) is 6.07 Å². The van der Waals surface area contributed by atoms with Crippen LogP contribution in [0.4, 0.5) is 0 Å². The molecule has 0 aliphatic rings. The summed E-state index contributed by atoms with van der Waals surface area (Å²) in [5.41, 5.74) is 2.53. The minimum atomic E-state index is 0.262. The number of nitrogens with one attached hydrogen (secondary N) is 1. The highest BCUT2D eigenvalue weighted by atomic mass is 32.1. The van der Waals surface area contributed by atoms with E-state index in [2.05, 4.69) is 48.1 Å². The van der Waals surface area contributed by atoms with Gasteiger partial charge in [-0.05, 0) is 53.4 Å². The van der Waals surface area contributed by atoms with Crippen molar-refractivity contribution in [3.63, 3.8) is 0 Å². The highest BCUT2D eigenvalue weighted by Gasteiger charge is 2.10. The number of hydrogen-bond donors (Lipinski definition) is 1. The van der Waals surface area contributed by atoms with Crippen LogP contribution in [0.5, 0.6) is 11.5 Å². The van der Waals surface area contributed by atoms with E-state index in [-0.39, 0.29) is 6.04 Å². The highest BCUT2D eigenvalue weighted by Crippen LogP contribution is 2.30. The molecule has 1 atom stereocenters. The molecule has 0 spiro atoms. The third-order valence-electron chi connectivity index (χ3n) is 3.64. The standard InChI is InChI=1S/C18H25NO2S/c1-4-5-9-21-17-7-6-16(11-18(17)20-3)14(2)19-12-15-8-10-22-13-15/h6-8,10-11,13-14,19H,4-5,9,12H2,1-3H3. The van der Waals surface area contributed by atoms with Crippen molar-refractivity contribution in [3.05, 3.63) is 46.2 Å². The molecule has 1 N–H and O–H groups in total. The fourth-order valence-corrected chi connectivity index (χ4v) is 2.85. The Kier molecular flexibility index (Phi) is 6.74. The SMILES string of the molecule is CCCCOc1ccc(C(C)NCc2ccsc2)cc1OC. The first-order valence-electron chi connectivity index (χ1n) is 7.79. The molecule has 1 unspecified atom stereocenters. The Labute approximate surface area is 137 Å². The van der Waals surface area contributed by atoms with E-state index in [4.69, 9.17) is 9.47 Å². The molecule has 0 bridgehead atoms. The minimum absolute atomic E-state index is 0.262. The van der Waals surface area contributed by atoms with E-state index in [0.717, 1.165) is 37.5 Å². The van der Waals surface area contributed by atoms with Gasteiger partial charge in [-0.25, -0.2) is 0 Å². The van der Waals surface area contributed by atoms with Crippen molar-refractivity contribution in [2.75, 3.05) is 13.7 Å². The molecule has 1 heterocycles. The Hall–Kier alpha value is -1.52. The second-order valence-electron chi connectivity index (χ2n) is 5.35. The molecule has 0 saturated heterocycles. The van der Waals surface area contributed by atoms with Gasteiger partial charge in [0.05, 0.1) is 13.7 Å². The lowest BCUT2D eigenvalue weighted by Gasteiger charge is -2.17. The Bertz CT molecular complexity index is 554. The van der Waals surface area contributed by atoms with E-state index in [0.29, 0.717) is 0 Å². The summed E-state index contributed by atoms with van der Waals surface area (Å²) < 4.78 is 11.2. The minimum Gasteiger partial charge on any atom is -0.493 e. The zero-order valence-corrected chi connectivity index (χ0v) is 14.4. The Morgan fingerprint density at radius 3 is 2.77 bits per heavy atom. The third kappa shape index (κ3) is 4.75. The average Bonchev–Trinajstić information content (AvgIpc) is 3.06. The number of rotatable bonds is 9. The molecule has 2 aromatic rings. The van der Waals surface area contributed by atoms with Gasteiger partial charge in [-0.15, -0.1) is 0 Å². The molecule has 0 amide bonds. The van der Waals surface area contributed by atoms with Crippen LogP contribution in [0.1, 0.15) is 43.9 Å². The number of unbranched alkanes of at least 4 members (excludes halogenated alkanes) is 1. The number of hydrogen-bond acceptors (Lipinski definition) is 4. The van der Waals surface area contributed by atoms with Gasteiger partial charge in [0, 0.05) is 12.6 Å². The Balaban J connectivity index is 1.98. The van der Waals surface area contributed by atoms with E-state index < -0.39 is 0 Å². The zero-order chi connectivity index (χ0) is 15.8. The van der Waals surface area contributed by atoms with Gasteiger partial charge in [0.2, 0.25) is 0 Å². The van der Waals surface area contributed by atoms with Crippen LogP contribution in [0.3, 0.4) is 0 Å². The molecule has 120 valence electrons. The van der Waals surface area contributed by atoms with Crippen molar-refractivity contribution >= 4 is 11.3 Å². The molecule has 0 aliphatic carbocycles. The lowest BCUT2D eigenvalue weighted by atomic mass is 10.1. The first-order valence-corrected chi connectivity index (χ1v) is 8.74. The largest absolute Gasteiger partial charge is 0.493 e. The van der Waals surface area contributed by atoms with Crippen molar-refractivity contribution in [3.8, 4) is 11.5 Å². The van der Waals surface area contributed by atoms with Crippen LogP contribution in [0.25, 0.3) is 0 Å². The molecule has 0 aliphatic heterocycles. The second-order valence-corrected chi connectivity index (χ2v) is 6.13. The maximum Gasteiger partial charge on any atom is 0.161 e. The van der Waals surface area contributed by atoms with Gasteiger partial charge in [-0.1, -0.05) is 19.4 Å². The number of ether oxygens (including phenoxy) is 2. The van der Waals surface area contributed by atoms with Crippen LogP contribution in [-0.4, -0.2) is 13.7 Å². The molecule has 0 radical (unpaired) electrons. The highest BCUT2D eigenvalue weighted by molar-refractivity contribution is 7.07. The second kappa shape index (κ2) is 8.81. The monoisotopic (exact) mass is 319 g/mol. The molecule has 22 heavy (non-hydrogen) atoms. The van der Waals surface area contributed by atoms with E-state index in [1.165, 1.54) is 11.1 Å². The van der Waals surface area contributed by atoms with Crippen molar-refractivity contribution < 1.29 is 9.47 Å². The number of methoxy groups -OCH3 is 1. The summed E-state index contributed by atoms with van der Waals surface area (Å²) in [6, 6.07) is 8.59. The van der Waals surface area contributed by atoms with Gasteiger partial charge in [-0.3, -0.25) is 0 Å². The lowest BCUT2D eigenvalue weighted by molar-refractivity contribution is 0.288. The van der Waals surface area contributed by atoms with Gasteiger partial charge in [-0.2, -0.15) is 11.3 Å². The Morgan fingerprint density at radius 1 is 1.23 bits per heavy atom. The summed E-state index contributed by atoms with van der Waals surface area (Å²) in [7, 11) is 1.69. The molecular weight excluding hydrogens is 294 g/mol. The smallest absolute Gasteiger partial charge is 0.161 e. The summed E-state index contributed by atoms with van der Waals surface area (Å²) in [4.78, 5) is 0. The first kappa shape index (κ1) is 16.8. The third-order valence-corrected chi connectivity index (χ3v) is 4.37. The van der Waals surface area contributed by atoms with E-state index in [1.54, 1.807) is 18.4 Å². The fraction of sp³-hybridized carbons (Fsp3) is 0.444. The van der Waals surface area contributed by atoms with Crippen LogP contribution in [-0.2, 0) is 6.54 Å². The van der Waals surface area contributed by atoms with E-state index in [9.17, 15) is 0 Å². The van der Waals surface area contributed by atoms with Crippen LogP contribution in [0.2, 0.25) is 0 Å². The summed E-state index contributed by atoms with van der Waals surface area (Å²) in [6.07, 6.45) is 2.19. The topological polar surface area (TPSA) is 30.5 Å². The summed E-state index contributed by atoms with van der Waals surface area (Å²) >= 11 is 1.73. The van der Waals surface area contributed by atoms with Gasteiger partial charge in [0.1, 0.15) is 0 Å². The maximum atomic E-state index is 5.78. The predicted octanol–water partition coefficient (Wildman–Crippen LogP) is 4.79. The van der Waals surface area contributed by atoms with Crippen molar-refractivity contribution in [1.29, 1.82) is 0 Å². The van der Waals surface area contributed by atoms with Crippen LogP contribution >= 0.6 is 11.3 Å². The molecule has 4 heteroatoms. The van der Waals surface area contributed by atoms with Crippen molar-refractivity contribution in [1.82, 2.24) is 5.32 Å². The zero-order valence-electron chi connectivity index (χ0n) is 13.6. The van der Waals surface area contributed by atoms with Gasteiger partial charge >= 0.3 is 0 Å². The maximum absolute atomic E-state index is 5.78. The number of thiophene rings is 1. The summed E-state index contributed by atoms with van der Waals surface area (Å²) in [5, 5.41) is 7.81. The molecule has 1 aromatic heterocycles. The van der Waals surface area contributed by atoms with Crippen molar-refractivity contribution in [2.24, 2.45) is 0 Å². The first-order chi connectivity index (χ1) is 10.7. The fourth-order valence-electron chi connectivity index (χ4n) is 2.18. The molecule has 0 fully saturated rings. The summed E-state index contributed by atoms with van der Waals surface area (Å²) in [6.45, 7) is 5.93. The number of benzene rings is 1. The molecule has 1 aromatic carbocycles. The van der Waals surface area contributed by atoms with Gasteiger partial charge < -0.3 is 14.8 Å². The van der Waals surface area contributed by atoms with Crippen LogP contribution in [0, 0.1) is 0 Å². The molecule has 2 rings (SSSR count). The van der Waals surface area contributed by atoms with Crippen LogP contribution < -0.4 is 14.8 Å². The van der Waals surface area contributed by atoms with Crippen molar-refractivity contribution in [2.45, 2.75) is 39.3 Å². The normalized spacial score (nSPS) is 12.1. The van der Waals surface area contributed by atoms with Crippen LogP contribution in [0.15, 0.2) is 35.0 Å². The molecular formula is C18H25NO2S. The summed E-state index contributed by atoms with van der Waals surface area (Å²) in [5.74, 6) is 1.63. The molecule has 3 nitrogen and oxygen atoms in total. The molecule has 0 saturated carbocycles. The average molecular weight is 319 g/mol. The van der Waals surface area contributed by atoms with Gasteiger partial charge in [0.25, 0.3) is 0 Å². The Morgan fingerprint density at radius 2 is 2.09 bits per heavy atom. The predicted molar refractivity (Wildman–Crippen MR) is 93.0 cm³/mol. The van der Waals surface area contributed by atoms with E-state index >= 15 is 0 Å².